The van der Waals surface area contributed by atoms with Gasteiger partial charge in [-0.25, -0.2) is 4.98 Å². The van der Waals surface area contributed by atoms with Crippen LogP contribution in [0, 0.1) is 0 Å². The molecule has 0 unspecified atom stereocenters. The Morgan fingerprint density at radius 1 is 1.35 bits per heavy atom. The highest BCUT2D eigenvalue weighted by atomic mass is 35.5. The quantitative estimate of drug-likeness (QED) is 0.834. The number of fused-ring (bicyclic) bond motifs is 1. The van der Waals surface area contributed by atoms with Gasteiger partial charge in [-0.2, -0.15) is 0 Å². The number of aryl methyl sites for hydroxylation is 2. The first-order chi connectivity index (χ1) is 9.63. The monoisotopic (exact) mass is 307 g/mol. The molecule has 104 valence electrons. The van der Waals surface area contributed by atoms with E-state index in [1.807, 2.05) is 0 Å². The molecule has 1 aromatic carbocycles. The number of thiazole rings is 1. The van der Waals surface area contributed by atoms with Crippen molar-refractivity contribution < 1.29 is 4.79 Å². The van der Waals surface area contributed by atoms with Gasteiger partial charge in [0.15, 0.2) is 5.13 Å². The number of halogens is 1. The van der Waals surface area contributed by atoms with Crippen LogP contribution in [0.5, 0.6) is 0 Å². The Hall–Kier alpha value is -1.59. The van der Waals surface area contributed by atoms with Crippen LogP contribution in [0.1, 0.15) is 33.8 Å². The summed E-state index contributed by atoms with van der Waals surface area (Å²) in [5.41, 5.74) is 7.72. The van der Waals surface area contributed by atoms with Crippen molar-refractivity contribution in [2.45, 2.75) is 25.7 Å². The summed E-state index contributed by atoms with van der Waals surface area (Å²) >= 11 is 7.41. The zero-order valence-electron chi connectivity index (χ0n) is 10.8. The average Bonchev–Trinajstić information content (AvgIpc) is 2.83. The number of amides is 1. The Labute approximate surface area is 126 Å². The molecule has 20 heavy (non-hydrogen) atoms. The lowest BCUT2D eigenvalue weighted by Crippen LogP contribution is -2.12. The van der Waals surface area contributed by atoms with Crippen LogP contribution in [0.3, 0.4) is 0 Å². The van der Waals surface area contributed by atoms with E-state index in [1.165, 1.54) is 17.7 Å². The summed E-state index contributed by atoms with van der Waals surface area (Å²) in [4.78, 5) is 17.9. The van der Waals surface area contributed by atoms with Crippen molar-refractivity contribution in [1.29, 1.82) is 0 Å². The molecule has 1 aromatic heterocycles. The normalized spacial score (nSPS) is 13.8. The van der Waals surface area contributed by atoms with Gasteiger partial charge in [0.25, 0.3) is 5.91 Å². The van der Waals surface area contributed by atoms with E-state index in [2.05, 4.69) is 10.3 Å². The van der Waals surface area contributed by atoms with Crippen molar-refractivity contribution in [3.8, 4) is 0 Å². The van der Waals surface area contributed by atoms with Gasteiger partial charge in [-0.1, -0.05) is 11.6 Å². The molecule has 0 bridgehead atoms. The van der Waals surface area contributed by atoms with Crippen molar-refractivity contribution in [3.05, 3.63) is 39.4 Å². The van der Waals surface area contributed by atoms with Crippen molar-refractivity contribution in [2.75, 3.05) is 11.1 Å². The molecule has 0 saturated carbocycles. The fraction of sp³-hybridized carbons (Fsp3) is 0.286. The fourth-order valence-corrected chi connectivity index (χ4v) is 3.42. The summed E-state index contributed by atoms with van der Waals surface area (Å²) in [6, 6.07) is 4.85. The third-order valence-corrected chi connectivity index (χ3v) is 4.74. The molecule has 1 heterocycles. The van der Waals surface area contributed by atoms with Gasteiger partial charge < -0.3 is 5.73 Å². The average molecular weight is 308 g/mol. The second-order valence-corrected chi connectivity index (χ2v) is 6.28. The lowest BCUT2D eigenvalue weighted by molar-refractivity contribution is 0.102. The highest BCUT2D eigenvalue weighted by Crippen LogP contribution is 2.30. The number of nitrogens with two attached hydrogens (primary N) is 1. The Morgan fingerprint density at radius 3 is 2.90 bits per heavy atom. The highest BCUT2D eigenvalue weighted by molar-refractivity contribution is 7.15. The molecule has 3 rings (SSSR count). The Balaban J connectivity index is 1.78. The first-order valence-electron chi connectivity index (χ1n) is 6.48. The topological polar surface area (TPSA) is 68.0 Å². The van der Waals surface area contributed by atoms with Crippen molar-refractivity contribution in [3.63, 3.8) is 0 Å². The molecule has 0 radical (unpaired) electrons. The van der Waals surface area contributed by atoms with Gasteiger partial charge in [-0.3, -0.25) is 10.1 Å². The fourth-order valence-electron chi connectivity index (χ4n) is 2.26. The zero-order valence-corrected chi connectivity index (χ0v) is 12.4. The Kier molecular flexibility index (Phi) is 3.63. The molecule has 1 amide bonds. The number of nitrogens with one attached hydrogen (secondary N) is 1. The summed E-state index contributed by atoms with van der Waals surface area (Å²) in [6.45, 7) is 0. The number of nitrogen functional groups attached to an aromatic ring is 1. The molecule has 3 N–H and O–H groups in total. The minimum atomic E-state index is -0.209. The predicted molar refractivity (Wildman–Crippen MR) is 82.6 cm³/mol. The molecule has 0 spiro atoms. The molecule has 1 aliphatic carbocycles. The molecule has 6 heteroatoms. The van der Waals surface area contributed by atoms with Crippen LogP contribution < -0.4 is 11.1 Å². The van der Waals surface area contributed by atoms with E-state index >= 15 is 0 Å². The van der Waals surface area contributed by atoms with E-state index in [4.69, 9.17) is 17.3 Å². The molecule has 1 aliphatic rings. The number of carbonyl (C=O) groups excluding carboxylic acids is 1. The predicted octanol–water partition coefficient (Wildman–Crippen LogP) is 3.51. The maximum absolute atomic E-state index is 12.1. The number of anilines is 2. The van der Waals surface area contributed by atoms with Gasteiger partial charge in [0, 0.05) is 10.4 Å². The molecular formula is C14H14ClN3OS. The highest BCUT2D eigenvalue weighted by Gasteiger charge is 2.17. The van der Waals surface area contributed by atoms with Crippen LogP contribution in [0.4, 0.5) is 10.8 Å². The minimum Gasteiger partial charge on any atom is -0.398 e. The van der Waals surface area contributed by atoms with Crippen molar-refractivity contribution in [1.82, 2.24) is 4.98 Å². The second-order valence-electron chi connectivity index (χ2n) is 4.79. The standard InChI is InChI=1S/C14H14ClN3OS/c15-9-6-5-8(7-10(9)16)13(19)18-14-17-11-3-1-2-4-12(11)20-14/h5-7H,1-4,16H2,(H,17,18,19). The van der Waals surface area contributed by atoms with Crippen molar-refractivity contribution >= 4 is 39.7 Å². The number of benzene rings is 1. The van der Waals surface area contributed by atoms with Crippen LogP contribution in [-0.2, 0) is 12.8 Å². The number of rotatable bonds is 2. The molecular weight excluding hydrogens is 294 g/mol. The van der Waals surface area contributed by atoms with Crippen LogP contribution >= 0.6 is 22.9 Å². The van der Waals surface area contributed by atoms with Crippen LogP contribution in [0.15, 0.2) is 18.2 Å². The third-order valence-electron chi connectivity index (χ3n) is 3.32. The Morgan fingerprint density at radius 2 is 2.15 bits per heavy atom. The van der Waals surface area contributed by atoms with E-state index < -0.39 is 0 Å². The summed E-state index contributed by atoms with van der Waals surface area (Å²) in [5.74, 6) is -0.209. The second kappa shape index (κ2) is 5.42. The molecule has 0 aliphatic heterocycles. The van der Waals surface area contributed by atoms with Gasteiger partial charge in [0.1, 0.15) is 0 Å². The maximum Gasteiger partial charge on any atom is 0.257 e. The Bertz CT molecular complexity index is 645. The van der Waals surface area contributed by atoms with Gasteiger partial charge in [-0.05, 0) is 43.9 Å². The number of hydrogen-bond acceptors (Lipinski definition) is 4. The summed E-state index contributed by atoms with van der Waals surface area (Å²) in [7, 11) is 0. The number of aromatic nitrogens is 1. The van der Waals surface area contributed by atoms with Gasteiger partial charge in [0.05, 0.1) is 16.4 Å². The number of hydrogen-bond donors (Lipinski definition) is 2. The maximum atomic E-state index is 12.1. The summed E-state index contributed by atoms with van der Waals surface area (Å²) < 4.78 is 0. The minimum absolute atomic E-state index is 0.209. The van der Waals surface area contributed by atoms with Crippen molar-refractivity contribution in [2.24, 2.45) is 0 Å². The largest absolute Gasteiger partial charge is 0.398 e. The summed E-state index contributed by atoms with van der Waals surface area (Å²) in [6.07, 6.45) is 4.46. The number of nitrogens with zero attached hydrogens (tertiary/aromatic N) is 1. The molecule has 0 fully saturated rings. The number of carbonyl (C=O) groups is 1. The van der Waals surface area contributed by atoms with Crippen LogP contribution in [-0.4, -0.2) is 10.9 Å². The summed E-state index contributed by atoms with van der Waals surface area (Å²) in [5, 5.41) is 3.94. The molecule has 2 aromatic rings. The van der Waals surface area contributed by atoms with E-state index in [0.717, 1.165) is 18.5 Å². The molecule has 0 atom stereocenters. The molecule has 4 nitrogen and oxygen atoms in total. The lowest BCUT2D eigenvalue weighted by Gasteiger charge is -2.06. The van der Waals surface area contributed by atoms with E-state index in [9.17, 15) is 4.79 Å². The lowest BCUT2D eigenvalue weighted by atomic mass is 10.0. The SMILES string of the molecule is Nc1cc(C(=O)Nc2nc3c(s2)CCCC3)ccc1Cl. The van der Waals surface area contributed by atoms with E-state index in [-0.39, 0.29) is 5.91 Å². The van der Waals surface area contributed by atoms with Gasteiger partial charge in [-0.15, -0.1) is 11.3 Å². The first-order valence-corrected chi connectivity index (χ1v) is 7.68. The van der Waals surface area contributed by atoms with Crippen LogP contribution in [0.25, 0.3) is 0 Å². The molecule has 0 saturated heterocycles. The van der Waals surface area contributed by atoms with Crippen LogP contribution in [0.2, 0.25) is 5.02 Å². The zero-order chi connectivity index (χ0) is 14.1. The van der Waals surface area contributed by atoms with Gasteiger partial charge >= 0.3 is 0 Å². The van der Waals surface area contributed by atoms with E-state index in [1.54, 1.807) is 29.5 Å². The third kappa shape index (κ3) is 2.64. The first kappa shape index (κ1) is 13.4. The smallest absolute Gasteiger partial charge is 0.257 e. The van der Waals surface area contributed by atoms with Gasteiger partial charge in [0.2, 0.25) is 0 Å². The van der Waals surface area contributed by atoms with E-state index in [0.29, 0.717) is 21.4 Å².